The lowest BCUT2D eigenvalue weighted by Crippen LogP contribution is -2.09. The molecule has 8 heteroatoms. The molecule has 0 saturated carbocycles. The van der Waals surface area contributed by atoms with Crippen molar-refractivity contribution in [1.82, 2.24) is 9.97 Å². The summed E-state index contributed by atoms with van der Waals surface area (Å²) in [6.07, 6.45) is 0. The van der Waals surface area contributed by atoms with Gasteiger partial charge in [0.1, 0.15) is 23.9 Å². The second-order valence-electron chi connectivity index (χ2n) is 6.95. The molecule has 0 spiro atoms. The van der Waals surface area contributed by atoms with E-state index in [0.29, 0.717) is 39.4 Å². The number of aryl methyl sites for hydroxylation is 1. The summed E-state index contributed by atoms with van der Waals surface area (Å²) in [6, 6.07) is 17.2. The van der Waals surface area contributed by atoms with Crippen LogP contribution in [0.4, 0.5) is 5.69 Å². The van der Waals surface area contributed by atoms with Crippen molar-refractivity contribution in [3.8, 4) is 22.9 Å². The zero-order chi connectivity index (χ0) is 22.0. The van der Waals surface area contributed by atoms with Gasteiger partial charge in [0.2, 0.25) is 0 Å². The maximum atomic E-state index is 12.4. The molecule has 0 atom stereocenters. The molecule has 0 aliphatic carbocycles. The number of nitro benzene ring substituents is 1. The first-order valence-corrected chi connectivity index (χ1v) is 9.50. The number of benzene rings is 3. The summed E-state index contributed by atoms with van der Waals surface area (Å²) >= 11 is 0. The van der Waals surface area contributed by atoms with Gasteiger partial charge < -0.3 is 14.5 Å². The van der Waals surface area contributed by atoms with Crippen molar-refractivity contribution in [3.05, 3.63) is 92.3 Å². The van der Waals surface area contributed by atoms with Crippen molar-refractivity contribution in [2.24, 2.45) is 0 Å². The zero-order valence-corrected chi connectivity index (χ0v) is 16.9. The third-order valence-electron chi connectivity index (χ3n) is 4.93. The number of nitrogens with zero attached hydrogens (tertiary/aromatic N) is 2. The Labute approximate surface area is 177 Å². The minimum absolute atomic E-state index is 0.0401. The highest BCUT2D eigenvalue weighted by atomic mass is 16.6. The summed E-state index contributed by atoms with van der Waals surface area (Å²) in [7, 11) is 1.56. The van der Waals surface area contributed by atoms with E-state index in [0.717, 1.165) is 5.56 Å². The number of rotatable bonds is 6. The number of aromatic amines is 1. The molecule has 4 rings (SSSR count). The van der Waals surface area contributed by atoms with Gasteiger partial charge in [0, 0.05) is 22.8 Å². The van der Waals surface area contributed by atoms with Crippen molar-refractivity contribution < 1.29 is 14.4 Å². The van der Waals surface area contributed by atoms with Gasteiger partial charge in [-0.05, 0) is 49.4 Å². The molecule has 3 aromatic carbocycles. The average molecular weight is 417 g/mol. The van der Waals surface area contributed by atoms with Gasteiger partial charge in [-0.15, -0.1) is 0 Å². The molecule has 0 aliphatic rings. The number of methoxy groups -OCH3 is 1. The van der Waals surface area contributed by atoms with Gasteiger partial charge in [0.05, 0.1) is 22.9 Å². The Morgan fingerprint density at radius 1 is 1.10 bits per heavy atom. The second kappa shape index (κ2) is 8.27. The number of hydrogen-bond donors (Lipinski definition) is 1. The number of H-pyrrole nitrogens is 1. The Balaban J connectivity index is 1.65. The third-order valence-corrected chi connectivity index (χ3v) is 4.93. The summed E-state index contributed by atoms with van der Waals surface area (Å²) in [5.41, 5.74) is 2.40. The van der Waals surface area contributed by atoms with Gasteiger partial charge >= 0.3 is 0 Å². The van der Waals surface area contributed by atoms with Gasteiger partial charge in [0.25, 0.3) is 11.2 Å². The molecule has 0 radical (unpaired) electrons. The monoisotopic (exact) mass is 417 g/mol. The number of nitro groups is 1. The Morgan fingerprint density at radius 2 is 1.90 bits per heavy atom. The summed E-state index contributed by atoms with van der Waals surface area (Å²) in [5.74, 6) is 1.57. The Bertz CT molecular complexity index is 1350. The van der Waals surface area contributed by atoms with Crippen molar-refractivity contribution in [2.45, 2.75) is 13.5 Å². The first kappa shape index (κ1) is 20.1. The van der Waals surface area contributed by atoms with E-state index >= 15 is 0 Å². The molecule has 0 fully saturated rings. The highest BCUT2D eigenvalue weighted by molar-refractivity contribution is 5.79. The van der Waals surface area contributed by atoms with Crippen LogP contribution in [0.15, 0.2) is 65.5 Å². The third kappa shape index (κ3) is 4.09. The Hall–Kier alpha value is -4.20. The lowest BCUT2D eigenvalue weighted by atomic mass is 10.1. The topological polar surface area (TPSA) is 107 Å². The van der Waals surface area contributed by atoms with E-state index in [1.54, 1.807) is 50.4 Å². The first-order valence-electron chi connectivity index (χ1n) is 9.50. The van der Waals surface area contributed by atoms with E-state index < -0.39 is 4.92 Å². The first-order chi connectivity index (χ1) is 15.0. The molecule has 0 unspecified atom stereocenters. The van der Waals surface area contributed by atoms with Crippen LogP contribution in [0.25, 0.3) is 22.3 Å². The summed E-state index contributed by atoms with van der Waals surface area (Å²) < 4.78 is 11.3. The molecule has 0 amide bonds. The fraction of sp³-hybridized carbons (Fsp3) is 0.130. The van der Waals surface area contributed by atoms with Crippen LogP contribution in [0, 0.1) is 17.0 Å². The van der Waals surface area contributed by atoms with E-state index in [2.05, 4.69) is 9.97 Å². The number of hydrogen-bond acceptors (Lipinski definition) is 6. The largest absolute Gasteiger partial charge is 0.496 e. The van der Waals surface area contributed by atoms with Crippen LogP contribution < -0.4 is 15.0 Å². The minimum atomic E-state index is -0.428. The van der Waals surface area contributed by atoms with Gasteiger partial charge in [-0.25, -0.2) is 4.98 Å². The van der Waals surface area contributed by atoms with Crippen LogP contribution in [0.5, 0.6) is 11.5 Å². The van der Waals surface area contributed by atoms with Gasteiger partial charge in [0.15, 0.2) is 0 Å². The van der Waals surface area contributed by atoms with Crippen molar-refractivity contribution in [3.63, 3.8) is 0 Å². The smallest absolute Gasteiger partial charge is 0.272 e. The van der Waals surface area contributed by atoms with Gasteiger partial charge in [-0.2, -0.15) is 0 Å². The highest BCUT2D eigenvalue weighted by Gasteiger charge is 2.13. The summed E-state index contributed by atoms with van der Waals surface area (Å²) in [5, 5.41) is 11.5. The number of aromatic nitrogens is 2. The molecule has 8 nitrogen and oxygen atoms in total. The SMILES string of the molecule is COc1ccc(-c2nc3ccccc3c(=O)[nH]2)cc1COc1ccc([N+](=O)[O-])c(C)c1. The maximum Gasteiger partial charge on any atom is 0.272 e. The number of para-hydroxylation sites is 1. The van der Waals surface area contributed by atoms with Crippen LogP contribution in [0.3, 0.4) is 0 Å². The fourth-order valence-electron chi connectivity index (χ4n) is 3.35. The molecule has 31 heavy (non-hydrogen) atoms. The lowest BCUT2D eigenvalue weighted by molar-refractivity contribution is -0.385. The fourth-order valence-corrected chi connectivity index (χ4v) is 3.35. The summed E-state index contributed by atoms with van der Waals surface area (Å²) in [6.45, 7) is 1.83. The predicted molar refractivity (Wildman–Crippen MR) is 117 cm³/mol. The van der Waals surface area contributed by atoms with Crippen LogP contribution in [-0.2, 0) is 6.61 Å². The van der Waals surface area contributed by atoms with E-state index in [1.807, 2.05) is 18.2 Å². The molecule has 0 bridgehead atoms. The van der Waals surface area contributed by atoms with E-state index in [-0.39, 0.29) is 17.9 Å². The van der Waals surface area contributed by atoms with E-state index in [1.165, 1.54) is 6.07 Å². The molecule has 4 aromatic rings. The normalized spacial score (nSPS) is 10.8. The molecule has 0 saturated heterocycles. The molecule has 1 heterocycles. The van der Waals surface area contributed by atoms with Crippen molar-refractivity contribution in [1.29, 1.82) is 0 Å². The highest BCUT2D eigenvalue weighted by Crippen LogP contribution is 2.28. The maximum absolute atomic E-state index is 12.4. The van der Waals surface area contributed by atoms with Crippen LogP contribution >= 0.6 is 0 Å². The Morgan fingerprint density at radius 3 is 2.65 bits per heavy atom. The van der Waals surface area contributed by atoms with Crippen LogP contribution in [-0.4, -0.2) is 22.0 Å². The molecular weight excluding hydrogens is 398 g/mol. The second-order valence-corrected chi connectivity index (χ2v) is 6.95. The predicted octanol–water partition coefficient (Wildman–Crippen LogP) is 4.39. The van der Waals surface area contributed by atoms with E-state index in [9.17, 15) is 14.9 Å². The lowest BCUT2D eigenvalue weighted by Gasteiger charge is -2.13. The average Bonchev–Trinajstić information content (AvgIpc) is 2.77. The van der Waals surface area contributed by atoms with Gasteiger partial charge in [-0.1, -0.05) is 12.1 Å². The van der Waals surface area contributed by atoms with Crippen LogP contribution in [0.1, 0.15) is 11.1 Å². The van der Waals surface area contributed by atoms with Crippen molar-refractivity contribution >= 4 is 16.6 Å². The molecule has 1 aromatic heterocycles. The van der Waals surface area contributed by atoms with E-state index in [4.69, 9.17) is 9.47 Å². The molecule has 1 N–H and O–H groups in total. The molecule has 0 aliphatic heterocycles. The number of ether oxygens (including phenoxy) is 2. The number of nitrogens with one attached hydrogen (secondary N) is 1. The standard InChI is InChI=1S/C23H19N3O5/c1-14-11-17(8-9-20(14)26(28)29)31-13-16-12-15(7-10-21(16)30-2)22-24-19-6-4-3-5-18(19)23(27)25-22/h3-12H,13H2,1-2H3,(H,24,25,27). The Kier molecular flexibility index (Phi) is 5.36. The quantitative estimate of drug-likeness (QED) is 0.368. The zero-order valence-electron chi connectivity index (χ0n) is 16.9. The minimum Gasteiger partial charge on any atom is -0.496 e. The van der Waals surface area contributed by atoms with Crippen LogP contribution in [0.2, 0.25) is 0 Å². The molecular formula is C23H19N3O5. The molecule has 156 valence electrons. The van der Waals surface area contributed by atoms with Crippen molar-refractivity contribution in [2.75, 3.05) is 7.11 Å². The van der Waals surface area contributed by atoms with Gasteiger partial charge in [-0.3, -0.25) is 14.9 Å². The summed E-state index contributed by atoms with van der Waals surface area (Å²) in [4.78, 5) is 30.3. The number of fused-ring (bicyclic) bond motifs is 1.